The number of hydrogen-bond acceptors (Lipinski definition) is 2. The van der Waals surface area contributed by atoms with Gasteiger partial charge in [-0.05, 0) is 63.7 Å². The Bertz CT molecular complexity index is 2410. The Hall–Kier alpha value is -5.51. The lowest BCUT2D eigenvalue weighted by molar-refractivity contribution is 1.18. The van der Waals surface area contributed by atoms with Crippen molar-refractivity contribution in [3.8, 4) is 39.1 Å². The van der Waals surface area contributed by atoms with Crippen molar-refractivity contribution in [2.24, 2.45) is 0 Å². The molecule has 0 aliphatic heterocycles. The van der Waals surface area contributed by atoms with Crippen molar-refractivity contribution in [2.75, 3.05) is 0 Å². The number of para-hydroxylation sites is 2. The van der Waals surface area contributed by atoms with Crippen LogP contribution in [0.2, 0.25) is 0 Å². The quantitative estimate of drug-likeness (QED) is 0.203. The molecular formula is C41H26N2S. The Morgan fingerprint density at radius 3 is 1.50 bits per heavy atom. The first-order chi connectivity index (χ1) is 21.8. The maximum absolute atomic E-state index is 4.28. The maximum atomic E-state index is 4.28. The highest BCUT2D eigenvalue weighted by Gasteiger charge is 2.15. The normalized spacial score (nSPS) is 11.6. The molecule has 9 aromatic rings. The van der Waals surface area contributed by atoms with Crippen LogP contribution in [0.4, 0.5) is 0 Å². The van der Waals surface area contributed by atoms with Gasteiger partial charge in [0.2, 0.25) is 0 Å². The molecular weight excluding hydrogens is 553 g/mol. The molecule has 3 heteroatoms. The van der Waals surface area contributed by atoms with Gasteiger partial charge in [-0.2, -0.15) is 0 Å². The van der Waals surface area contributed by atoms with Crippen LogP contribution in [0.15, 0.2) is 158 Å². The summed E-state index contributed by atoms with van der Waals surface area (Å²) in [7, 11) is 0. The molecule has 6 aromatic carbocycles. The van der Waals surface area contributed by atoms with Gasteiger partial charge in [-0.1, -0.05) is 115 Å². The Balaban J connectivity index is 1.14. The third kappa shape index (κ3) is 3.90. The van der Waals surface area contributed by atoms with Crippen molar-refractivity contribution in [1.29, 1.82) is 0 Å². The van der Waals surface area contributed by atoms with E-state index in [1.54, 1.807) is 0 Å². The van der Waals surface area contributed by atoms with E-state index < -0.39 is 0 Å². The fourth-order valence-corrected chi connectivity index (χ4v) is 8.01. The van der Waals surface area contributed by atoms with E-state index in [0.29, 0.717) is 0 Å². The molecule has 0 radical (unpaired) electrons. The second-order valence-electron chi connectivity index (χ2n) is 11.2. The van der Waals surface area contributed by atoms with Crippen LogP contribution < -0.4 is 0 Å². The molecule has 206 valence electrons. The van der Waals surface area contributed by atoms with Gasteiger partial charge in [0.05, 0.1) is 11.0 Å². The van der Waals surface area contributed by atoms with Gasteiger partial charge in [0.15, 0.2) is 0 Å². The average molecular weight is 579 g/mol. The zero-order valence-electron chi connectivity index (χ0n) is 23.8. The maximum Gasteiger partial charge on any atom is 0.0541 e. The van der Waals surface area contributed by atoms with E-state index in [9.17, 15) is 0 Å². The van der Waals surface area contributed by atoms with E-state index in [1.807, 2.05) is 29.8 Å². The highest BCUT2D eigenvalue weighted by molar-refractivity contribution is 7.26. The predicted octanol–water partition coefficient (Wildman–Crippen LogP) is 11.5. The molecule has 0 aliphatic carbocycles. The highest BCUT2D eigenvalue weighted by Crippen LogP contribution is 2.44. The summed E-state index contributed by atoms with van der Waals surface area (Å²) in [6, 6.07) is 52.8. The predicted molar refractivity (Wildman–Crippen MR) is 188 cm³/mol. The fraction of sp³-hybridized carbons (Fsp3) is 0. The number of rotatable bonds is 4. The average Bonchev–Trinajstić information content (AvgIpc) is 3.65. The minimum Gasteiger partial charge on any atom is -0.309 e. The molecule has 0 spiro atoms. The lowest BCUT2D eigenvalue weighted by atomic mass is 9.98. The summed E-state index contributed by atoms with van der Waals surface area (Å²) in [6.45, 7) is 0. The molecule has 3 aromatic heterocycles. The molecule has 9 rings (SSSR count). The number of nitrogens with zero attached hydrogens (tertiary/aromatic N) is 2. The van der Waals surface area contributed by atoms with Crippen molar-refractivity contribution in [2.45, 2.75) is 0 Å². The van der Waals surface area contributed by atoms with Gasteiger partial charge in [0.1, 0.15) is 0 Å². The molecule has 0 fully saturated rings. The molecule has 3 heterocycles. The zero-order chi connectivity index (χ0) is 29.0. The van der Waals surface area contributed by atoms with Crippen LogP contribution in [0.25, 0.3) is 81.0 Å². The topological polar surface area (TPSA) is 17.8 Å². The van der Waals surface area contributed by atoms with E-state index in [1.165, 1.54) is 75.5 Å². The van der Waals surface area contributed by atoms with Gasteiger partial charge in [-0.3, -0.25) is 4.98 Å². The van der Waals surface area contributed by atoms with Gasteiger partial charge in [-0.25, -0.2) is 0 Å². The molecule has 0 amide bonds. The van der Waals surface area contributed by atoms with Gasteiger partial charge < -0.3 is 4.57 Å². The van der Waals surface area contributed by atoms with Crippen molar-refractivity contribution in [3.63, 3.8) is 0 Å². The van der Waals surface area contributed by atoms with Crippen LogP contribution in [-0.2, 0) is 0 Å². The first kappa shape index (κ1) is 25.0. The summed E-state index contributed by atoms with van der Waals surface area (Å²) in [6.07, 6.45) is 3.73. The van der Waals surface area contributed by atoms with Crippen molar-refractivity contribution >= 4 is 53.3 Å². The first-order valence-corrected chi connectivity index (χ1v) is 15.7. The Kier molecular flexibility index (Phi) is 5.71. The second-order valence-corrected chi connectivity index (χ2v) is 12.2. The minimum absolute atomic E-state index is 1.13. The van der Waals surface area contributed by atoms with Gasteiger partial charge >= 0.3 is 0 Å². The van der Waals surface area contributed by atoms with Gasteiger partial charge in [0.25, 0.3) is 0 Å². The van der Waals surface area contributed by atoms with Crippen LogP contribution in [0.1, 0.15) is 0 Å². The van der Waals surface area contributed by atoms with E-state index in [0.717, 1.165) is 5.56 Å². The third-order valence-corrected chi connectivity index (χ3v) is 10.0. The number of fused-ring (bicyclic) bond motifs is 6. The minimum atomic E-state index is 1.13. The third-order valence-electron chi connectivity index (χ3n) is 8.73. The SMILES string of the molecule is c1cncc(-c2ccc(-c3cccc4c3sc3c(-c5ccc(-n6c7ccccc7c7ccccc76)cc5)cccc34)cc2)c1. The van der Waals surface area contributed by atoms with Crippen LogP contribution in [0.5, 0.6) is 0 Å². The Morgan fingerprint density at radius 2 is 0.932 bits per heavy atom. The van der Waals surface area contributed by atoms with Crippen molar-refractivity contribution in [1.82, 2.24) is 9.55 Å². The number of thiophene rings is 1. The molecule has 0 bridgehead atoms. The van der Waals surface area contributed by atoms with E-state index >= 15 is 0 Å². The first-order valence-electron chi connectivity index (χ1n) is 14.9. The molecule has 0 saturated heterocycles. The lowest BCUT2D eigenvalue weighted by Crippen LogP contribution is -1.93. The summed E-state index contributed by atoms with van der Waals surface area (Å²) < 4.78 is 5.03. The van der Waals surface area contributed by atoms with Crippen molar-refractivity contribution < 1.29 is 0 Å². The molecule has 2 nitrogen and oxygen atoms in total. The summed E-state index contributed by atoms with van der Waals surface area (Å²) in [5.74, 6) is 0. The Morgan fingerprint density at radius 1 is 0.409 bits per heavy atom. The lowest BCUT2D eigenvalue weighted by Gasteiger charge is -2.10. The highest BCUT2D eigenvalue weighted by atomic mass is 32.1. The largest absolute Gasteiger partial charge is 0.309 e. The van der Waals surface area contributed by atoms with E-state index in [2.05, 4.69) is 149 Å². The van der Waals surface area contributed by atoms with E-state index in [-0.39, 0.29) is 0 Å². The van der Waals surface area contributed by atoms with Crippen LogP contribution >= 0.6 is 11.3 Å². The number of benzene rings is 6. The number of aromatic nitrogens is 2. The van der Waals surface area contributed by atoms with E-state index in [4.69, 9.17) is 0 Å². The number of hydrogen-bond donors (Lipinski definition) is 0. The summed E-state index contributed by atoms with van der Waals surface area (Å²) in [5, 5.41) is 5.18. The monoisotopic (exact) mass is 578 g/mol. The van der Waals surface area contributed by atoms with Crippen LogP contribution in [-0.4, -0.2) is 9.55 Å². The summed E-state index contributed by atoms with van der Waals surface area (Å²) in [5.41, 5.74) is 10.9. The standard InChI is InChI=1S/C41H26N2S/c1-3-15-38-34(9-1)35-10-2-4-16-39(35)43(38)31-23-21-29(22-24-31)33-12-6-14-37-36-13-5-11-32(40(36)44-41(33)37)28-19-17-27(18-20-28)30-8-7-25-42-26-30/h1-26H. The summed E-state index contributed by atoms with van der Waals surface area (Å²) in [4.78, 5) is 4.28. The molecule has 0 unspecified atom stereocenters. The number of pyridine rings is 1. The van der Waals surface area contributed by atoms with Gasteiger partial charge in [-0.15, -0.1) is 11.3 Å². The van der Waals surface area contributed by atoms with Crippen LogP contribution in [0.3, 0.4) is 0 Å². The fourth-order valence-electron chi connectivity index (χ4n) is 6.64. The zero-order valence-corrected chi connectivity index (χ0v) is 24.6. The summed E-state index contributed by atoms with van der Waals surface area (Å²) >= 11 is 1.90. The van der Waals surface area contributed by atoms with Crippen molar-refractivity contribution in [3.05, 3.63) is 158 Å². The molecule has 0 atom stereocenters. The van der Waals surface area contributed by atoms with Gasteiger partial charge in [0, 0.05) is 49.0 Å². The molecule has 44 heavy (non-hydrogen) atoms. The molecule has 0 saturated carbocycles. The van der Waals surface area contributed by atoms with Crippen LogP contribution in [0, 0.1) is 0 Å². The molecule has 0 N–H and O–H groups in total. The second kappa shape index (κ2) is 10.0. The smallest absolute Gasteiger partial charge is 0.0541 e. The Labute approximate surface area is 259 Å². The molecule has 0 aliphatic rings.